The lowest BCUT2D eigenvalue weighted by molar-refractivity contribution is -0.139. The van der Waals surface area contributed by atoms with E-state index in [4.69, 9.17) is 0 Å². The van der Waals surface area contributed by atoms with Gasteiger partial charge in [-0.1, -0.05) is 30.3 Å². The van der Waals surface area contributed by atoms with Crippen molar-refractivity contribution in [2.45, 2.75) is 17.5 Å². The Balaban J connectivity index is 1.54. The van der Waals surface area contributed by atoms with Gasteiger partial charge in [0.1, 0.15) is 0 Å². The summed E-state index contributed by atoms with van der Waals surface area (Å²) in [5, 5.41) is 0. The molecule has 0 fully saturated rings. The fraction of sp³-hybridized carbons (Fsp3) is 0.294. The van der Waals surface area contributed by atoms with E-state index in [0.717, 1.165) is 37.5 Å². The maximum Gasteiger partial charge on any atom is 0.417 e. The number of halogens is 3. The van der Waals surface area contributed by atoms with Crippen LogP contribution < -0.4 is 9.62 Å². The second kappa shape index (κ2) is 6.84. The minimum atomic E-state index is -4.32. The van der Waals surface area contributed by atoms with Crippen LogP contribution in [-0.4, -0.2) is 19.6 Å². The van der Waals surface area contributed by atoms with Crippen molar-refractivity contribution in [3.8, 4) is 0 Å². The molecule has 0 unspecified atom stereocenters. The minimum absolute atomic E-state index is 0.210. The van der Waals surface area contributed by atoms with E-state index in [1.165, 1.54) is 23.4 Å². The average molecular weight is 338 g/mol. The molecule has 1 heterocycles. The zero-order chi connectivity index (χ0) is 16.3. The Hall–Kier alpha value is -1.66. The van der Waals surface area contributed by atoms with Crippen molar-refractivity contribution in [2.24, 2.45) is 0 Å². The molecule has 0 aromatic heterocycles. The van der Waals surface area contributed by atoms with Gasteiger partial charge in [0.25, 0.3) is 0 Å². The van der Waals surface area contributed by atoms with E-state index in [1.54, 1.807) is 6.07 Å². The third-order valence-corrected chi connectivity index (χ3v) is 4.77. The van der Waals surface area contributed by atoms with Gasteiger partial charge in [0.2, 0.25) is 0 Å². The molecule has 0 bridgehead atoms. The quantitative estimate of drug-likeness (QED) is 0.644. The first-order valence-corrected chi connectivity index (χ1v) is 8.26. The number of alkyl halides is 3. The molecular formula is C17H17F3N2S. The molecule has 2 nitrogen and oxygen atoms in total. The van der Waals surface area contributed by atoms with Crippen LogP contribution in [0.4, 0.5) is 18.9 Å². The predicted molar refractivity (Wildman–Crippen MR) is 87.7 cm³/mol. The average Bonchev–Trinajstić information content (AvgIpc) is 2.94. The number of benzene rings is 2. The lowest BCUT2D eigenvalue weighted by Crippen LogP contribution is -2.28. The summed E-state index contributed by atoms with van der Waals surface area (Å²) in [7, 11) is 0. The van der Waals surface area contributed by atoms with Crippen LogP contribution in [0.5, 0.6) is 0 Å². The zero-order valence-corrected chi connectivity index (χ0v) is 13.3. The summed E-state index contributed by atoms with van der Waals surface area (Å²) in [5.41, 5.74) is 1.97. The van der Waals surface area contributed by atoms with Gasteiger partial charge in [-0.05, 0) is 42.1 Å². The van der Waals surface area contributed by atoms with Gasteiger partial charge < -0.3 is 4.90 Å². The van der Waals surface area contributed by atoms with Crippen molar-refractivity contribution >= 4 is 17.6 Å². The Morgan fingerprint density at radius 1 is 1.04 bits per heavy atom. The molecule has 0 atom stereocenters. The van der Waals surface area contributed by atoms with Crippen LogP contribution in [0.2, 0.25) is 0 Å². The highest BCUT2D eigenvalue weighted by Crippen LogP contribution is 2.35. The van der Waals surface area contributed by atoms with Gasteiger partial charge >= 0.3 is 6.18 Å². The Morgan fingerprint density at radius 2 is 1.78 bits per heavy atom. The molecule has 1 aliphatic heterocycles. The third-order valence-electron chi connectivity index (χ3n) is 3.84. The number of rotatable bonds is 5. The van der Waals surface area contributed by atoms with Crippen LogP contribution in [0.1, 0.15) is 11.1 Å². The molecule has 1 aliphatic rings. The molecular weight excluding hydrogens is 321 g/mol. The molecule has 0 spiro atoms. The molecule has 0 aliphatic carbocycles. The molecule has 0 saturated carbocycles. The number of hydrogen-bond acceptors (Lipinski definition) is 3. The topological polar surface area (TPSA) is 15.3 Å². The molecule has 23 heavy (non-hydrogen) atoms. The predicted octanol–water partition coefficient (Wildman–Crippen LogP) is 4.36. The number of fused-ring (bicyclic) bond motifs is 1. The van der Waals surface area contributed by atoms with E-state index in [9.17, 15) is 13.2 Å². The van der Waals surface area contributed by atoms with E-state index in [1.807, 2.05) is 12.1 Å². The molecule has 1 N–H and O–H groups in total. The molecule has 122 valence electrons. The highest BCUT2D eigenvalue weighted by molar-refractivity contribution is 7.97. The van der Waals surface area contributed by atoms with E-state index >= 15 is 0 Å². The van der Waals surface area contributed by atoms with Crippen molar-refractivity contribution < 1.29 is 13.2 Å². The van der Waals surface area contributed by atoms with Gasteiger partial charge in [-0.25, -0.2) is 0 Å². The van der Waals surface area contributed by atoms with Gasteiger partial charge in [0.15, 0.2) is 0 Å². The first-order chi connectivity index (χ1) is 11.1. The van der Waals surface area contributed by atoms with Crippen LogP contribution in [0, 0.1) is 0 Å². The van der Waals surface area contributed by atoms with Crippen LogP contribution in [-0.2, 0) is 12.6 Å². The van der Waals surface area contributed by atoms with Crippen LogP contribution in [0.25, 0.3) is 0 Å². The van der Waals surface area contributed by atoms with Crippen molar-refractivity contribution in [3.05, 3.63) is 59.7 Å². The number of hydrogen-bond donors (Lipinski definition) is 1. The lowest BCUT2D eigenvalue weighted by atomic mass is 10.2. The molecule has 0 radical (unpaired) electrons. The third kappa shape index (κ3) is 3.82. The molecule has 6 heteroatoms. The van der Waals surface area contributed by atoms with Crippen LogP contribution in [0.15, 0.2) is 53.4 Å². The van der Waals surface area contributed by atoms with Crippen molar-refractivity contribution in [1.29, 1.82) is 0 Å². The summed E-state index contributed by atoms with van der Waals surface area (Å²) < 4.78 is 41.8. The van der Waals surface area contributed by atoms with E-state index in [-0.39, 0.29) is 4.90 Å². The highest BCUT2D eigenvalue weighted by Gasteiger charge is 2.33. The second-order valence-electron chi connectivity index (χ2n) is 5.36. The highest BCUT2D eigenvalue weighted by atomic mass is 32.2. The summed E-state index contributed by atoms with van der Waals surface area (Å²) in [6, 6.07) is 13.9. The summed E-state index contributed by atoms with van der Waals surface area (Å²) in [5.74, 6) is 0. The second-order valence-corrected chi connectivity index (χ2v) is 6.29. The summed E-state index contributed by atoms with van der Waals surface area (Å²) >= 11 is 1.04. The molecule has 0 saturated heterocycles. The Bertz CT molecular complexity index is 673. The maximum absolute atomic E-state index is 12.9. The molecule has 0 amide bonds. The van der Waals surface area contributed by atoms with Crippen molar-refractivity contribution in [1.82, 2.24) is 4.72 Å². The smallest absolute Gasteiger partial charge is 0.370 e. The monoisotopic (exact) mass is 338 g/mol. The SMILES string of the molecule is FC(F)(F)c1ccccc1SNCCN1CCc2ccccc21. The lowest BCUT2D eigenvalue weighted by Gasteiger charge is -2.19. The van der Waals surface area contributed by atoms with Gasteiger partial charge in [0, 0.05) is 30.2 Å². The van der Waals surface area contributed by atoms with Gasteiger partial charge in [0.05, 0.1) is 5.56 Å². The maximum atomic E-state index is 12.9. The standard InChI is InChI=1S/C17H17F3N2S/c18-17(19,20)14-6-2-4-8-16(14)23-21-10-12-22-11-9-13-5-1-3-7-15(13)22/h1-8,21H,9-12H2. The minimum Gasteiger partial charge on any atom is -0.370 e. The van der Waals surface area contributed by atoms with E-state index in [2.05, 4.69) is 21.8 Å². The Labute approximate surface area is 137 Å². The van der Waals surface area contributed by atoms with E-state index < -0.39 is 11.7 Å². The summed E-state index contributed by atoms with van der Waals surface area (Å²) in [6.07, 6.45) is -3.29. The molecule has 2 aromatic rings. The Kier molecular flexibility index (Phi) is 4.82. The zero-order valence-electron chi connectivity index (χ0n) is 12.4. The van der Waals surface area contributed by atoms with Gasteiger partial charge in [-0.3, -0.25) is 4.72 Å². The van der Waals surface area contributed by atoms with Crippen LogP contribution >= 0.6 is 11.9 Å². The Morgan fingerprint density at radius 3 is 2.61 bits per heavy atom. The van der Waals surface area contributed by atoms with E-state index in [0.29, 0.717) is 6.54 Å². The summed E-state index contributed by atoms with van der Waals surface area (Å²) in [6.45, 7) is 2.36. The first kappa shape index (κ1) is 16.2. The number of para-hydroxylation sites is 1. The van der Waals surface area contributed by atoms with Crippen molar-refractivity contribution in [3.63, 3.8) is 0 Å². The first-order valence-electron chi connectivity index (χ1n) is 7.44. The number of anilines is 1. The van der Waals surface area contributed by atoms with Crippen molar-refractivity contribution in [2.75, 3.05) is 24.5 Å². The van der Waals surface area contributed by atoms with Crippen LogP contribution in [0.3, 0.4) is 0 Å². The van der Waals surface area contributed by atoms with Gasteiger partial charge in [-0.15, -0.1) is 0 Å². The fourth-order valence-electron chi connectivity index (χ4n) is 2.74. The fourth-order valence-corrected chi connectivity index (χ4v) is 3.53. The number of nitrogens with zero attached hydrogens (tertiary/aromatic N) is 1. The number of nitrogens with one attached hydrogen (secondary N) is 1. The summed E-state index contributed by atoms with van der Waals surface area (Å²) in [4.78, 5) is 2.47. The molecule has 2 aromatic carbocycles. The molecule has 3 rings (SSSR count). The van der Waals surface area contributed by atoms with Gasteiger partial charge in [-0.2, -0.15) is 13.2 Å². The normalized spacial score (nSPS) is 14.1. The largest absolute Gasteiger partial charge is 0.417 e.